The Labute approximate surface area is 98.0 Å². The van der Waals surface area contributed by atoms with Gasteiger partial charge in [-0.25, -0.2) is 4.39 Å². The van der Waals surface area contributed by atoms with Gasteiger partial charge in [-0.1, -0.05) is 6.92 Å². The summed E-state index contributed by atoms with van der Waals surface area (Å²) in [6.07, 6.45) is 1.11. The third-order valence-electron chi connectivity index (χ3n) is 1.87. The van der Waals surface area contributed by atoms with Gasteiger partial charge < -0.3 is 10.1 Å². The number of hydrogen-bond acceptors (Lipinski definition) is 2. The number of nitrogens with one attached hydrogen (secondary N) is 1. The SMILES string of the molecule is CCCNCCOc1ccc(F)c(Br)c1. The molecule has 2 nitrogen and oxygen atoms in total. The second-order valence-corrected chi connectivity index (χ2v) is 4.03. The normalized spacial score (nSPS) is 10.3. The predicted molar refractivity (Wildman–Crippen MR) is 62.8 cm³/mol. The summed E-state index contributed by atoms with van der Waals surface area (Å²) in [7, 11) is 0. The Hall–Kier alpha value is -0.610. The van der Waals surface area contributed by atoms with Crippen molar-refractivity contribution in [3.05, 3.63) is 28.5 Å². The highest BCUT2D eigenvalue weighted by atomic mass is 79.9. The number of hydrogen-bond donors (Lipinski definition) is 1. The summed E-state index contributed by atoms with van der Waals surface area (Å²) in [5, 5.41) is 3.22. The highest BCUT2D eigenvalue weighted by Gasteiger charge is 2.00. The minimum absolute atomic E-state index is 0.272. The molecule has 4 heteroatoms. The fourth-order valence-corrected chi connectivity index (χ4v) is 1.47. The van der Waals surface area contributed by atoms with Gasteiger partial charge in [0.05, 0.1) is 4.47 Å². The molecule has 1 rings (SSSR count). The zero-order chi connectivity index (χ0) is 11.1. The first-order valence-corrected chi connectivity index (χ1v) is 5.82. The number of ether oxygens (including phenoxy) is 1. The highest BCUT2D eigenvalue weighted by Crippen LogP contribution is 2.21. The molecule has 0 saturated heterocycles. The summed E-state index contributed by atoms with van der Waals surface area (Å²) in [5.74, 6) is 0.410. The van der Waals surface area contributed by atoms with E-state index < -0.39 is 0 Å². The molecule has 0 aromatic heterocycles. The van der Waals surface area contributed by atoms with Gasteiger partial charge in [0.2, 0.25) is 0 Å². The largest absolute Gasteiger partial charge is 0.492 e. The van der Waals surface area contributed by atoms with Gasteiger partial charge in [-0.2, -0.15) is 0 Å². The molecule has 0 radical (unpaired) electrons. The Bertz CT molecular complexity index is 307. The molecule has 0 aliphatic carbocycles. The van der Waals surface area contributed by atoms with Crippen molar-refractivity contribution in [2.24, 2.45) is 0 Å². The van der Waals surface area contributed by atoms with E-state index >= 15 is 0 Å². The molecule has 0 spiro atoms. The molecular formula is C11H15BrFNO. The van der Waals surface area contributed by atoms with Crippen LogP contribution in [0, 0.1) is 5.82 Å². The third kappa shape index (κ3) is 4.62. The second kappa shape index (κ2) is 6.80. The van der Waals surface area contributed by atoms with Gasteiger partial charge in [-0.05, 0) is 47.1 Å². The van der Waals surface area contributed by atoms with Crippen LogP contribution in [-0.4, -0.2) is 19.7 Å². The lowest BCUT2D eigenvalue weighted by Crippen LogP contribution is -2.21. The van der Waals surface area contributed by atoms with E-state index in [0.717, 1.165) is 19.5 Å². The van der Waals surface area contributed by atoms with Crippen LogP contribution in [-0.2, 0) is 0 Å². The molecule has 15 heavy (non-hydrogen) atoms. The van der Waals surface area contributed by atoms with Crippen LogP contribution in [0.3, 0.4) is 0 Å². The van der Waals surface area contributed by atoms with Gasteiger partial charge in [0.1, 0.15) is 18.2 Å². The summed E-state index contributed by atoms with van der Waals surface area (Å²) >= 11 is 3.11. The molecule has 0 saturated carbocycles. The smallest absolute Gasteiger partial charge is 0.137 e. The van der Waals surface area contributed by atoms with Crippen molar-refractivity contribution >= 4 is 15.9 Å². The van der Waals surface area contributed by atoms with E-state index in [9.17, 15) is 4.39 Å². The van der Waals surface area contributed by atoms with Crippen LogP contribution in [0.15, 0.2) is 22.7 Å². The summed E-state index contributed by atoms with van der Waals surface area (Å²) in [4.78, 5) is 0. The molecule has 0 heterocycles. The Balaban J connectivity index is 2.28. The lowest BCUT2D eigenvalue weighted by Gasteiger charge is -2.07. The van der Waals surface area contributed by atoms with Crippen molar-refractivity contribution < 1.29 is 9.13 Å². The first kappa shape index (κ1) is 12.5. The average molecular weight is 276 g/mol. The van der Waals surface area contributed by atoms with Crippen molar-refractivity contribution in [2.75, 3.05) is 19.7 Å². The van der Waals surface area contributed by atoms with Gasteiger partial charge in [-0.15, -0.1) is 0 Å². The summed E-state index contributed by atoms with van der Waals surface area (Å²) in [6, 6.07) is 4.65. The van der Waals surface area contributed by atoms with E-state index in [1.165, 1.54) is 6.07 Å². The molecule has 0 atom stereocenters. The molecule has 84 valence electrons. The van der Waals surface area contributed by atoms with Crippen molar-refractivity contribution in [3.63, 3.8) is 0 Å². The van der Waals surface area contributed by atoms with E-state index in [0.29, 0.717) is 16.8 Å². The maximum Gasteiger partial charge on any atom is 0.137 e. The predicted octanol–water partition coefficient (Wildman–Crippen LogP) is 2.97. The highest BCUT2D eigenvalue weighted by molar-refractivity contribution is 9.10. The van der Waals surface area contributed by atoms with Crippen molar-refractivity contribution in [2.45, 2.75) is 13.3 Å². The Morgan fingerprint density at radius 3 is 2.87 bits per heavy atom. The molecule has 1 N–H and O–H groups in total. The van der Waals surface area contributed by atoms with Crippen LogP contribution < -0.4 is 10.1 Å². The zero-order valence-electron chi connectivity index (χ0n) is 8.72. The quantitative estimate of drug-likeness (QED) is 0.806. The minimum atomic E-state index is -0.272. The minimum Gasteiger partial charge on any atom is -0.492 e. The van der Waals surface area contributed by atoms with E-state index in [-0.39, 0.29) is 5.82 Å². The first-order chi connectivity index (χ1) is 7.24. The average Bonchev–Trinajstić information content (AvgIpc) is 2.23. The van der Waals surface area contributed by atoms with E-state index in [1.54, 1.807) is 12.1 Å². The van der Waals surface area contributed by atoms with E-state index in [4.69, 9.17) is 4.74 Å². The van der Waals surface area contributed by atoms with Gasteiger partial charge >= 0.3 is 0 Å². The van der Waals surface area contributed by atoms with Crippen LogP contribution in [0.4, 0.5) is 4.39 Å². The van der Waals surface area contributed by atoms with Crippen LogP contribution in [0.25, 0.3) is 0 Å². The zero-order valence-corrected chi connectivity index (χ0v) is 10.3. The fourth-order valence-electron chi connectivity index (χ4n) is 1.11. The van der Waals surface area contributed by atoms with Crippen LogP contribution in [0.2, 0.25) is 0 Å². The molecule has 0 aliphatic heterocycles. The van der Waals surface area contributed by atoms with Crippen molar-refractivity contribution in [1.29, 1.82) is 0 Å². The molecule has 0 unspecified atom stereocenters. The molecule has 0 amide bonds. The summed E-state index contributed by atoms with van der Waals surface area (Å²) in [5.41, 5.74) is 0. The van der Waals surface area contributed by atoms with E-state index in [1.807, 2.05) is 0 Å². The topological polar surface area (TPSA) is 21.3 Å². The maximum absolute atomic E-state index is 12.9. The Kier molecular flexibility index (Phi) is 5.65. The maximum atomic E-state index is 12.9. The number of halogens is 2. The monoisotopic (exact) mass is 275 g/mol. The van der Waals surface area contributed by atoms with Gasteiger partial charge in [-0.3, -0.25) is 0 Å². The van der Waals surface area contributed by atoms with E-state index in [2.05, 4.69) is 28.2 Å². The van der Waals surface area contributed by atoms with Crippen molar-refractivity contribution in [1.82, 2.24) is 5.32 Å². The lowest BCUT2D eigenvalue weighted by atomic mass is 10.3. The van der Waals surface area contributed by atoms with Crippen LogP contribution in [0.1, 0.15) is 13.3 Å². The summed E-state index contributed by atoms with van der Waals surface area (Å²) in [6.45, 7) is 4.52. The molecule has 0 bridgehead atoms. The Morgan fingerprint density at radius 1 is 1.40 bits per heavy atom. The first-order valence-electron chi connectivity index (χ1n) is 5.02. The van der Waals surface area contributed by atoms with Gasteiger partial charge in [0.15, 0.2) is 0 Å². The molecule has 1 aromatic carbocycles. The standard InChI is InChI=1S/C11H15BrFNO/c1-2-5-14-6-7-15-9-3-4-11(13)10(12)8-9/h3-4,8,14H,2,5-7H2,1H3. The van der Waals surface area contributed by atoms with Gasteiger partial charge in [0, 0.05) is 6.54 Å². The van der Waals surface area contributed by atoms with Gasteiger partial charge in [0.25, 0.3) is 0 Å². The Morgan fingerprint density at radius 2 is 2.20 bits per heavy atom. The molecule has 0 aliphatic rings. The van der Waals surface area contributed by atoms with Crippen LogP contribution in [0.5, 0.6) is 5.75 Å². The second-order valence-electron chi connectivity index (χ2n) is 3.17. The van der Waals surface area contributed by atoms with Crippen LogP contribution >= 0.6 is 15.9 Å². The fraction of sp³-hybridized carbons (Fsp3) is 0.455. The number of benzene rings is 1. The third-order valence-corrected chi connectivity index (χ3v) is 2.47. The molecule has 1 aromatic rings. The molecule has 0 fully saturated rings. The number of rotatable bonds is 6. The molecular weight excluding hydrogens is 261 g/mol. The lowest BCUT2D eigenvalue weighted by molar-refractivity contribution is 0.313. The summed E-state index contributed by atoms with van der Waals surface area (Å²) < 4.78 is 18.7. The van der Waals surface area contributed by atoms with Crippen molar-refractivity contribution in [3.8, 4) is 5.75 Å².